The SMILES string of the molecule is Cc1cc2c(cc1Cc1ccc(Br)cc1)C(C)(C)C=CC2(C)C. The largest absolute Gasteiger partial charge is 0.0776 e. The standard InChI is InChI=1S/C22H25Br/c1-15-12-19-20(22(4,5)11-10-21(19,2)3)14-17(15)13-16-6-8-18(23)9-7-16/h6-12,14H,13H2,1-5H3. The lowest BCUT2D eigenvalue weighted by Gasteiger charge is -2.37. The molecule has 0 aromatic heterocycles. The molecule has 0 amide bonds. The first-order valence-corrected chi connectivity index (χ1v) is 9.08. The van der Waals surface area contributed by atoms with E-state index in [1.165, 1.54) is 27.8 Å². The number of aryl methyl sites for hydroxylation is 1. The molecular formula is C22H25Br. The molecule has 0 fully saturated rings. The minimum atomic E-state index is 0.104. The summed E-state index contributed by atoms with van der Waals surface area (Å²) in [5.41, 5.74) is 7.36. The lowest BCUT2D eigenvalue weighted by atomic mass is 9.67. The first-order valence-electron chi connectivity index (χ1n) is 8.28. The Morgan fingerprint density at radius 2 is 1.35 bits per heavy atom. The van der Waals surface area contributed by atoms with E-state index in [1.807, 2.05) is 0 Å². The molecule has 23 heavy (non-hydrogen) atoms. The van der Waals surface area contributed by atoms with Crippen LogP contribution >= 0.6 is 15.9 Å². The number of halogens is 1. The van der Waals surface area contributed by atoms with E-state index in [4.69, 9.17) is 0 Å². The van der Waals surface area contributed by atoms with Gasteiger partial charge in [0.1, 0.15) is 0 Å². The lowest BCUT2D eigenvalue weighted by molar-refractivity contribution is 0.562. The lowest BCUT2D eigenvalue weighted by Crippen LogP contribution is -2.29. The van der Waals surface area contributed by atoms with Crippen molar-refractivity contribution in [2.75, 3.05) is 0 Å². The highest BCUT2D eigenvalue weighted by Crippen LogP contribution is 2.42. The molecule has 0 N–H and O–H groups in total. The van der Waals surface area contributed by atoms with Crippen molar-refractivity contribution in [2.45, 2.75) is 51.9 Å². The highest BCUT2D eigenvalue weighted by Gasteiger charge is 2.33. The maximum absolute atomic E-state index is 3.51. The molecule has 0 radical (unpaired) electrons. The summed E-state index contributed by atoms with van der Waals surface area (Å²) in [4.78, 5) is 0. The molecule has 0 aliphatic heterocycles. The zero-order valence-corrected chi connectivity index (χ0v) is 16.3. The van der Waals surface area contributed by atoms with Gasteiger partial charge in [0, 0.05) is 15.3 Å². The van der Waals surface area contributed by atoms with Gasteiger partial charge in [0.2, 0.25) is 0 Å². The molecule has 0 nitrogen and oxygen atoms in total. The van der Waals surface area contributed by atoms with Crippen LogP contribution in [0, 0.1) is 6.92 Å². The first kappa shape index (κ1) is 16.5. The van der Waals surface area contributed by atoms with Gasteiger partial charge in [0.15, 0.2) is 0 Å². The Labute approximate surface area is 148 Å². The third-order valence-corrected chi connectivity index (χ3v) is 5.62. The van der Waals surface area contributed by atoms with Crippen LogP contribution in [0.3, 0.4) is 0 Å². The van der Waals surface area contributed by atoms with E-state index in [0.29, 0.717) is 0 Å². The summed E-state index contributed by atoms with van der Waals surface area (Å²) in [6, 6.07) is 13.5. The Morgan fingerprint density at radius 1 is 0.826 bits per heavy atom. The Morgan fingerprint density at radius 3 is 1.91 bits per heavy atom. The average Bonchev–Trinajstić information content (AvgIpc) is 2.48. The molecule has 0 bridgehead atoms. The molecule has 0 saturated carbocycles. The third-order valence-electron chi connectivity index (χ3n) is 5.09. The van der Waals surface area contributed by atoms with Crippen molar-refractivity contribution in [2.24, 2.45) is 0 Å². The molecule has 120 valence electrons. The third kappa shape index (κ3) is 3.17. The fraction of sp³-hybridized carbons (Fsp3) is 0.364. The van der Waals surface area contributed by atoms with Gasteiger partial charge in [-0.2, -0.15) is 0 Å². The monoisotopic (exact) mass is 368 g/mol. The van der Waals surface area contributed by atoms with Crippen LogP contribution in [-0.4, -0.2) is 0 Å². The Hall–Kier alpha value is -1.34. The molecule has 1 heteroatoms. The molecule has 0 spiro atoms. The molecule has 1 aliphatic carbocycles. The van der Waals surface area contributed by atoms with Crippen molar-refractivity contribution in [3.05, 3.63) is 80.8 Å². The van der Waals surface area contributed by atoms with Crippen LogP contribution < -0.4 is 0 Å². The predicted octanol–water partition coefficient (Wildman–Crippen LogP) is 6.47. The van der Waals surface area contributed by atoms with Gasteiger partial charge in [-0.25, -0.2) is 0 Å². The topological polar surface area (TPSA) is 0 Å². The van der Waals surface area contributed by atoms with E-state index in [-0.39, 0.29) is 10.8 Å². The summed E-state index contributed by atoms with van der Waals surface area (Å²) in [6.45, 7) is 11.5. The minimum absolute atomic E-state index is 0.104. The van der Waals surface area contributed by atoms with E-state index < -0.39 is 0 Å². The number of allylic oxidation sites excluding steroid dienone is 2. The minimum Gasteiger partial charge on any atom is -0.0776 e. The van der Waals surface area contributed by atoms with Gasteiger partial charge in [0.25, 0.3) is 0 Å². The van der Waals surface area contributed by atoms with Gasteiger partial charge < -0.3 is 0 Å². The van der Waals surface area contributed by atoms with Crippen molar-refractivity contribution < 1.29 is 0 Å². The van der Waals surface area contributed by atoms with Crippen LogP contribution in [0.1, 0.15) is 55.5 Å². The van der Waals surface area contributed by atoms with Gasteiger partial charge >= 0.3 is 0 Å². The second-order valence-electron chi connectivity index (χ2n) is 7.90. The summed E-state index contributed by atoms with van der Waals surface area (Å²) in [7, 11) is 0. The summed E-state index contributed by atoms with van der Waals surface area (Å²) in [6.07, 6.45) is 5.73. The van der Waals surface area contributed by atoms with Crippen LogP contribution in [0.15, 0.2) is 53.0 Å². The summed E-state index contributed by atoms with van der Waals surface area (Å²) in [5.74, 6) is 0. The van der Waals surface area contributed by atoms with E-state index in [0.717, 1.165) is 10.9 Å². The van der Waals surface area contributed by atoms with E-state index >= 15 is 0 Å². The van der Waals surface area contributed by atoms with E-state index in [9.17, 15) is 0 Å². The Balaban J connectivity index is 2.06. The fourth-order valence-corrected chi connectivity index (χ4v) is 3.69. The first-order chi connectivity index (χ1) is 10.7. The van der Waals surface area contributed by atoms with Crippen LogP contribution in [0.2, 0.25) is 0 Å². The average molecular weight is 369 g/mol. The maximum Gasteiger partial charge on any atom is 0.0175 e. The molecular weight excluding hydrogens is 344 g/mol. The fourth-order valence-electron chi connectivity index (χ4n) is 3.43. The molecule has 0 unspecified atom stereocenters. The number of rotatable bonds is 2. The number of hydrogen-bond acceptors (Lipinski definition) is 0. The molecule has 0 heterocycles. The van der Waals surface area contributed by atoms with Crippen LogP contribution in [0.4, 0.5) is 0 Å². The molecule has 0 saturated heterocycles. The van der Waals surface area contributed by atoms with Crippen molar-refractivity contribution in [3.63, 3.8) is 0 Å². The van der Waals surface area contributed by atoms with Crippen LogP contribution in [0.5, 0.6) is 0 Å². The van der Waals surface area contributed by atoms with E-state index in [2.05, 4.69) is 99.1 Å². The zero-order chi connectivity index (χ0) is 16.8. The summed E-state index contributed by atoms with van der Waals surface area (Å²) >= 11 is 3.51. The highest BCUT2D eigenvalue weighted by molar-refractivity contribution is 9.10. The normalized spacial score (nSPS) is 17.8. The van der Waals surface area contributed by atoms with Gasteiger partial charge in [-0.1, -0.05) is 80.0 Å². The van der Waals surface area contributed by atoms with Gasteiger partial charge in [-0.3, -0.25) is 0 Å². The van der Waals surface area contributed by atoms with Crippen molar-refractivity contribution in [1.29, 1.82) is 0 Å². The smallest absolute Gasteiger partial charge is 0.0175 e. The van der Waals surface area contributed by atoms with Crippen molar-refractivity contribution in [3.8, 4) is 0 Å². The second-order valence-corrected chi connectivity index (χ2v) is 8.82. The summed E-state index contributed by atoms with van der Waals surface area (Å²) in [5, 5.41) is 0. The molecule has 2 aromatic carbocycles. The van der Waals surface area contributed by atoms with Crippen LogP contribution in [-0.2, 0) is 17.3 Å². The molecule has 1 aliphatic rings. The van der Waals surface area contributed by atoms with Crippen LogP contribution in [0.25, 0.3) is 0 Å². The number of hydrogen-bond donors (Lipinski definition) is 0. The van der Waals surface area contributed by atoms with Gasteiger partial charge in [-0.15, -0.1) is 0 Å². The molecule has 2 aromatic rings. The molecule has 0 atom stereocenters. The predicted molar refractivity (Wildman–Crippen MR) is 103 cm³/mol. The highest BCUT2D eigenvalue weighted by atomic mass is 79.9. The number of benzene rings is 2. The quantitative estimate of drug-likeness (QED) is 0.532. The van der Waals surface area contributed by atoms with Crippen molar-refractivity contribution >= 4 is 15.9 Å². The second kappa shape index (κ2) is 5.63. The maximum atomic E-state index is 3.51. The zero-order valence-electron chi connectivity index (χ0n) is 14.7. The van der Waals surface area contributed by atoms with Gasteiger partial charge in [0.05, 0.1) is 0 Å². The molecule has 3 rings (SSSR count). The summed E-state index contributed by atoms with van der Waals surface area (Å²) < 4.78 is 1.14. The van der Waals surface area contributed by atoms with E-state index in [1.54, 1.807) is 0 Å². The van der Waals surface area contributed by atoms with Gasteiger partial charge in [-0.05, 0) is 53.3 Å². The Kier molecular flexibility index (Phi) is 4.04. The number of fused-ring (bicyclic) bond motifs is 1. The Bertz CT molecular complexity index is 761. The van der Waals surface area contributed by atoms with Crippen molar-refractivity contribution in [1.82, 2.24) is 0 Å².